The number of nitro groups is 1. The zero-order valence-electron chi connectivity index (χ0n) is 8.38. The molecule has 6 N–H and O–H groups in total. The molecular weight excluding hydrogens is 212 g/mol. The SMILES string of the molecule is N=C(N)C(N)CNc1ccc([N+](=O)[O-])cn1. The Balaban J connectivity index is 2.56. The van der Waals surface area contributed by atoms with Gasteiger partial charge in [0.1, 0.15) is 17.9 Å². The number of nitrogens with two attached hydrogens (primary N) is 2. The Labute approximate surface area is 91.3 Å². The number of amidine groups is 1. The lowest BCUT2D eigenvalue weighted by Crippen LogP contribution is -2.41. The maximum atomic E-state index is 10.3. The lowest BCUT2D eigenvalue weighted by atomic mass is 10.3. The van der Waals surface area contributed by atoms with Crippen LogP contribution in [0.25, 0.3) is 0 Å². The van der Waals surface area contributed by atoms with Crippen LogP contribution in [0.3, 0.4) is 0 Å². The molecule has 1 rings (SSSR count). The molecule has 1 atom stereocenters. The van der Waals surface area contributed by atoms with E-state index in [1.165, 1.54) is 12.1 Å². The number of hydrogen-bond donors (Lipinski definition) is 4. The van der Waals surface area contributed by atoms with Crippen LogP contribution >= 0.6 is 0 Å². The Kier molecular flexibility index (Phi) is 3.72. The van der Waals surface area contributed by atoms with Crippen molar-refractivity contribution >= 4 is 17.3 Å². The molecule has 0 saturated carbocycles. The first kappa shape index (κ1) is 11.9. The van der Waals surface area contributed by atoms with E-state index in [2.05, 4.69) is 10.3 Å². The van der Waals surface area contributed by atoms with Crippen molar-refractivity contribution in [1.29, 1.82) is 5.41 Å². The molecule has 1 aromatic rings. The molecule has 8 nitrogen and oxygen atoms in total. The molecule has 86 valence electrons. The van der Waals surface area contributed by atoms with E-state index in [9.17, 15) is 10.1 Å². The van der Waals surface area contributed by atoms with Crippen LogP contribution < -0.4 is 16.8 Å². The second kappa shape index (κ2) is 5.03. The maximum absolute atomic E-state index is 10.3. The molecule has 1 unspecified atom stereocenters. The lowest BCUT2D eigenvalue weighted by Gasteiger charge is -2.10. The standard InChI is InChI=1S/C8H12N6O2/c9-6(8(10)11)4-13-7-2-1-5(3-12-7)14(15)16/h1-3,6H,4,9H2,(H3,10,11)(H,12,13). The van der Waals surface area contributed by atoms with Gasteiger partial charge in [-0.25, -0.2) is 4.98 Å². The van der Waals surface area contributed by atoms with Crippen molar-refractivity contribution in [3.8, 4) is 0 Å². The zero-order chi connectivity index (χ0) is 12.1. The average Bonchev–Trinajstić information content (AvgIpc) is 2.26. The molecule has 0 aromatic carbocycles. The largest absolute Gasteiger partial charge is 0.386 e. The number of pyridine rings is 1. The minimum Gasteiger partial charge on any atom is -0.386 e. The number of nitrogens with one attached hydrogen (secondary N) is 2. The van der Waals surface area contributed by atoms with Crippen molar-refractivity contribution in [2.24, 2.45) is 11.5 Å². The van der Waals surface area contributed by atoms with Gasteiger partial charge in [0.2, 0.25) is 0 Å². The number of aromatic nitrogens is 1. The van der Waals surface area contributed by atoms with Gasteiger partial charge in [0, 0.05) is 12.6 Å². The molecule has 0 saturated heterocycles. The quantitative estimate of drug-likeness (QED) is 0.233. The molecule has 0 aliphatic heterocycles. The number of rotatable bonds is 5. The molecule has 16 heavy (non-hydrogen) atoms. The molecule has 0 amide bonds. The van der Waals surface area contributed by atoms with Crippen LogP contribution in [-0.4, -0.2) is 28.3 Å². The third-order valence-corrected chi connectivity index (χ3v) is 1.86. The summed E-state index contributed by atoms with van der Waals surface area (Å²) in [5.41, 5.74) is 10.6. The fourth-order valence-corrected chi connectivity index (χ4v) is 0.923. The van der Waals surface area contributed by atoms with Gasteiger partial charge in [0.25, 0.3) is 5.69 Å². The van der Waals surface area contributed by atoms with Crippen molar-refractivity contribution in [2.45, 2.75) is 6.04 Å². The third kappa shape index (κ3) is 3.17. The minimum absolute atomic E-state index is 0.0820. The Morgan fingerprint density at radius 1 is 1.69 bits per heavy atom. The minimum atomic E-state index is -0.600. The van der Waals surface area contributed by atoms with E-state index in [4.69, 9.17) is 16.9 Å². The zero-order valence-corrected chi connectivity index (χ0v) is 8.38. The van der Waals surface area contributed by atoms with E-state index in [1.54, 1.807) is 0 Å². The number of anilines is 1. The van der Waals surface area contributed by atoms with Crippen LogP contribution in [0.5, 0.6) is 0 Å². The van der Waals surface area contributed by atoms with Gasteiger partial charge in [-0.15, -0.1) is 0 Å². The molecule has 0 fully saturated rings. The molecule has 8 heteroatoms. The first-order chi connectivity index (χ1) is 7.50. The van der Waals surface area contributed by atoms with E-state index in [0.29, 0.717) is 5.82 Å². The summed E-state index contributed by atoms with van der Waals surface area (Å²) in [5, 5.41) is 20.2. The van der Waals surface area contributed by atoms with Crippen LogP contribution in [0.4, 0.5) is 11.5 Å². The molecule has 0 radical (unpaired) electrons. The highest BCUT2D eigenvalue weighted by Gasteiger charge is 2.07. The molecule has 0 aliphatic carbocycles. The summed E-state index contributed by atoms with van der Waals surface area (Å²) in [5.74, 6) is 0.316. The summed E-state index contributed by atoms with van der Waals surface area (Å²) < 4.78 is 0. The number of hydrogen-bond acceptors (Lipinski definition) is 6. The third-order valence-electron chi connectivity index (χ3n) is 1.86. The van der Waals surface area contributed by atoms with E-state index >= 15 is 0 Å². The van der Waals surface area contributed by atoms with Crippen molar-refractivity contribution < 1.29 is 4.92 Å². The van der Waals surface area contributed by atoms with Gasteiger partial charge in [-0.3, -0.25) is 15.5 Å². The van der Waals surface area contributed by atoms with Gasteiger partial charge < -0.3 is 16.8 Å². The van der Waals surface area contributed by atoms with E-state index < -0.39 is 11.0 Å². The summed E-state index contributed by atoms with van der Waals surface area (Å²) >= 11 is 0. The molecule has 1 aromatic heterocycles. The molecule has 1 heterocycles. The van der Waals surface area contributed by atoms with Gasteiger partial charge >= 0.3 is 0 Å². The topological polar surface area (TPSA) is 144 Å². The van der Waals surface area contributed by atoms with Gasteiger partial charge in [0.15, 0.2) is 0 Å². The Morgan fingerprint density at radius 2 is 2.38 bits per heavy atom. The van der Waals surface area contributed by atoms with Crippen LogP contribution in [0.2, 0.25) is 0 Å². The van der Waals surface area contributed by atoms with Crippen molar-refractivity contribution in [3.05, 3.63) is 28.4 Å². The fourth-order valence-electron chi connectivity index (χ4n) is 0.923. The van der Waals surface area contributed by atoms with Crippen LogP contribution in [0.1, 0.15) is 0 Å². The first-order valence-corrected chi connectivity index (χ1v) is 4.44. The van der Waals surface area contributed by atoms with E-state index in [1.807, 2.05) is 0 Å². The van der Waals surface area contributed by atoms with E-state index in [0.717, 1.165) is 6.20 Å². The fraction of sp³-hybridized carbons (Fsp3) is 0.250. The van der Waals surface area contributed by atoms with Gasteiger partial charge in [0.05, 0.1) is 11.0 Å². The van der Waals surface area contributed by atoms with Crippen molar-refractivity contribution in [3.63, 3.8) is 0 Å². The Morgan fingerprint density at radius 3 is 2.81 bits per heavy atom. The first-order valence-electron chi connectivity index (χ1n) is 4.44. The Hall–Kier alpha value is -2.22. The van der Waals surface area contributed by atoms with Crippen LogP contribution in [0, 0.1) is 15.5 Å². The smallest absolute Gasteiger partial charge is 0.287 e. The maximum Gasteiger partial charge on any atom is 0.287 e. The van der Waals surface area contributed by atoms with Gasteiger partial charge in [-0.1, -0.05) is 0 Å². The lowest BCUT2D eigenvalue weighted by molar-refractivity contribution is -0.385. The predicted octanol–water partition coefficient (Wildman–Crippen LogP) is -0.335. The summed E-state index contributed by atoms with van der Waals surface area (Å²) in [6.07, 6.45) is 1.14. The molecule has 0 aliphatic rings. The van der Waals surface area contributed by atoms with E-state index in [-0.39, 0.29) is 18.1 Å². The van der Waals surface area contributed by atoms with Crippen LogP contribution in [-0.2, 0) is 0 Å². The normalized spacial score (nSPS) is 11.8. The van der Waals surface area contributed by atoms with Gasteiger partial charge in [-0.05, 0) is 6.07 Å². The summed E-state index contributed by atoms with van der Waals surface area (Å²) in [6.45, 7) is 0.250. The van der Waals surface area contributed by atoms with Crippen LogP contribution in [0.15, 0.2) is 18.3 Å². The molecular formula is C8H12N6O2. The number of nitrogens with zero attached hydrogens (tertiary/aromatic N) is 2. The summed E-state index contributed by atoms with van der Waals surface area (Å²) in [6, 6.07) is 2.19. The highest BCUT2D eigenvalue weighted by Crippen LogP contribution is 2.11. The summed E-state index contributed by atoms with van der Waals surface area (Å²) in [4.78, 5) is 13.6. The molecule has 0 spiro atoms. The predicted molar refractivity (Wildman–Crippen MR) is 59.3 cm³/mol. The van der Waals surface area contributed by atoms with Crippen molar-refractivity contribution in [1.82, 2.24) is 4.98 Å². The monoisotopic (exact) mass is 224 g/mol. The summed E-state index contributed by atoms with van der Waals surface area (Å²) in [7, 11) is 0. The highest BCUT2D eigenvalue weighted by molar-refractivity contribution is 5.83. The highest BCUT2D eigenvalue weighted by atomic mass is 16.6. The van der Waals surface area contributed by atoms with Crippen molar-refractivity contribution in [2.75, 3.05) is 11.9 Å². The average molecular weight is 224 g/mol. The van der Waals surface area contributed by atoms with Gasteiger partial charge in [-0.2, -0.15) is 0 Å². The Bertz CT molecular complexity index is 390. The second-order valence-corrected chi connectivity index (χ2v) is 3.10. The second-order valence-electron chi connectivity index (χ2n) is 3.10. The molecule has 0 bridgehead atoms.